The van der Waals surface area contributed by atoms with Gasteiger partial charge >= 0.3 is 154 Å². The van der Waals surface area contributed by atoms with Gasteiger partial charge in [-0.25, -0.2) is 4.79 Å². The Labute approximate surface area is 266 Å². The van der Waals surface area contributed by atoms with Gasteiger partial charge in [0.1, 0.15) is 0 Å². The zero-order chi connectivity index (χ0) is 18.3. The van der Waals surface area contributed by atoms with Crippen molar-refractivity contribution in [2.75, 3.05) is 0 Å². The molecule has 0 amide bonds. The van der Waals surface area contributed by atoms with E-state index >= 15 is 0 Å². The van der Waals surface area contributed by atoms with Crippen LogP contribution in [0.15, 0.2) is 0 Å². The molecule has 13 nitrogen and oxygen atoms in total. The number of carboxylic acids is 6. The van der Waals surface area contributed by atoms with Gasteiger partial charge in [0.15, 0.2) is 5.60 Å². The first kappa shape index (κ1) is 40.2. The molecule has 3 unspecified atom stereocenters. The Bertz CT molecular complexity index is 568. The summed E-state index contributed by atoms with van der Waals surface area (Å²) in [6.07, 6.45) is 0. The second-order valence-electron chi connectivity index (χ2n) is 4.33. The maximum absolute atomic E-state index is 11.1. The van der Waals surface area contributed by atoms with Crippen LogP contribution in [-0.4, -0.2) is 52.1 Å². The third kappa shape index (κ3) is 6.40. The summed E-state index contributed by atoms with van der Waals surface area (Å²) in [7, 11) is 0. The van der Waals surface area contributed by atoms with Crippen LogP contribution in [0.1, 0.15) is 0 Å². The van der Waals surface area contributed by atoms with Crippen molar-refractivity contribution in [3.05, 3.63) is 0 Å². The van der Waals surface area contributed by atoms with Crippen LogP contribution in [0.4, 0.5) is 0 Å². The van der Waals surface area contributed by atoms with E-state index < -0.39 is 58.9 Å². The monoisotopic (exact) mass is 446 g/mol. The van der Waals surface area contributed by atoms with Crippen LogP contribution in [0.3, 0.4) is 0 Å². The van der Waals surface area contributed by atoms with Crippen molar-refractivity contribution in [3.63, 3.8) is 0 Å². The maximum atomic E-state index is 11.1. The van der Waals surface area contributed by atoms with Crippen LogP contribution >= 0.6 is 0 Å². The Morgan fingerprint density at radius 2 is 0.857 bits per heavy atom. The topological polar surface area (TPSA) is 247 Å². The summed E-state index contributed by atoms with van der Waals surface area (Å²) in [4.78, 5) is 66.2. The predicted octanol–water partition coefficient (Wildman–Crippen LogP) is -24.4. The third-order valence-electron chi connectivity index (χ3n) is 3.27. The van der Waals surface area contributed by atoms with Crippen molar-refractivity contribution in [2.45, 2.75) is 11.2 Å². The number of carboxylic acid groups (broad SMARTS) is 6. The fourth-order valence-corrected chi connectivity index (χ4v) is 2.31. The standard InChI is InChI=1S/C10H8O13.5Na/c11-3(12)1-2(4(13)14)10(7(19)20,8(21)22)23-9(1,5(15)16)6(17)18;;;;;/h1-2H,(H,11,12)(H,13,14)(H,15,16)(H,17,18)(H,19,20)(H,21,22);;;;;/q;5*+1/p-5. The molecule has 1 fully saturated rings. The third-order valence-corrected chi connectivity index (χ3v) is 3.27. The van der Waals surface area contributed by atoms with Gasteiger partial charge in [-0.3, -0.25) is 0 Å². The summed E-state index contributed by atoms with van der Waals surface area (Å²) < 4.78 is 3.90. The summed E-state index contributed by atoms with van der Waals surface area (Å²) in [5.74, 6) is -23.9. The number of ether oxygens (including phenoxy) is 1. The van der Waals surface area contributed by atoms with E-state index in [1.807, 2.05) is 0 Å². The summed E-state index contributed by atoms with van der Waals surface area (Å²) in [5.41, 5.74) is -8.51. The average Bonchev–Trinajstić information content (AvgIpc) is 2.72. The number of rotatable bonds is 6. The molecule has 0 aromatic rings. The minimum Gasteiger partial charge on any atom is -0.550 e. The van der Waals surface area contributed by atoms with Gasteiger partial charge in [-0.05, 0) is 0 Å². The van der Waals surface area contributed by atoms with Gasteiger partial charge in [-0.2, -0.15) is 0 Å². The van der Waals surface area contributed by atoms with E-state index in [2.05, 4.69) is 4.74 Å². The molecule has 0 aromatic carbocycles. The molecule has 0 spiro atoms. The van der Waals surface area contributed by atoms with Crippen molar-refractivity contribution >= 4 is 35.8 Å². The van der Waals surface area contributed by atoms with E-state index in [9.17, 15) is 54.3 Å². The van der Waals surface area contributed by atoms with Crippen LogP contribution in [0.2, 0.25) is 0 Å². The number of carbonyl (C=O) groups is 6. The molecule has 1 heterocycles. The number of hydrogen-bond donors (Lipinski definition) is 1. The number of carbonyl (C=O) groups excluding carboxylic acids is 5. The van der Waals surface area contributed by atoms with Gasteiger partial charge in [0.25, 0.3) is 0 Å². The second-order valence-corrected chi connectivity index (χ2v) is 4.33. The second kappa shape index (κ2) is 14.8. The van der Waals surface area contributed by atoms with Gasteiger partial charge in [0, 0.05) is 11.9 Å². The van der Waals surface area contributed by atoms with Crippen molar-refractivity contribution < 1.29 is 212 Å². The normalized spacial score (nSPS) is 23.6. The summed E-state index contributed by atoms with van der Waals surface area (Å²) >= 11 is 0. The van der Waals surface area contributed by atoms with Crippen LogP contribution in [0, 0.1) is 11.8 Å². The molecule has 1 saturated heterocycles. The first-order valence-electron chi connectivity index (χ1n) is 5.37. The van der Waals surface area contributed by atoms with Gasteiger partial charge in [0.05, 0.1) is 29.7 Å². The molecule has 0 radical (unpaired) electrons. The van der Waals surface area contributed by atoms with Crippen LogP contribution < -0.4 is 173 Å². The van der Waals surface area contributed by atoms with E-state index in [4.69, 9.17) is 5.11 Å². The first-order valence-corrected chi connectivity index (χ1v) is 5.37. The molecule has 1 aliphatic heterocycles. The molecule has 0 aliphatic carbocycles. The van der Waals surface area contributed by atoms with E-state index in [0.717, 1.165) is 0 Å². The van der Waals surface area contributed by atoms with Crippen LogP contribution in [-0.2, 0) is 33.5 Å². The molecule has 18 heteroatoms. The van der Waals surface area contributed by atoms with E-state index in [1.165, 1.54) is 0 Å². The molecule has 3 atom stereocenters. The summed E-state index contributed by atoms with van der Waals surface area (Å²) in [5, 5.41) is 63.9. The minimum absolute atomic E-state index is 0. The zero-order valence-electron chi connectivity index (χ0n) is 15.5. The molecular formula is C10H3Na5O13. The Hall–Kier alpha value is 1.78. The minimum atomic E-state index is -4.29. The first-order chi connectivity index (χ1) is 10.4. The van der Waals surface area contributed by atoms with Gasteiger partial charge < -0.3 is 59.3 Å². The van der Waals surface area contributed by atoms with Crippen LogP contribution in [0.5, 0.6) is 0 Å². The Morgan fingerprint density at radius 3 is 1.04 bits per heavy atom. The molecular weight excluding hydrogens is 443 g/mol. The summed E-state index contributed by atoms with van der Waals surface area (Å²) in [6.45, 7) is 0. The Balaban J connectivity index is -0.000000353. The molecule has 28 heavy (non-hydrogen) atoms. The molecule has 1 aliphatic rings. The van der Waals surface area contributed by atoms with Gasteiger partial charge in [-0.1, -0.05) is 0 Å². The maximum Gasteiger partial charge on any atom is 1.00 e. The molecule has 0 bridgehead atoms. The van der Waals surface area contributed by atoms with Crippen molar-refractivity contribution in [2.24, 2.45) is 11.8 Å². The summed E-state index contributed by atoms with van der Waals surface area (Å²) in [6, 6.07) is 0. The van der Waals surface area contributed by atoms with Crippen molar-refractivity contribution in [3.8, 4) is 0 Å². The molecule has 1 rings (SSSR count). The van der Waals surface area contributed by atoms with Gasteiger partial charge in [0.2, 0.25) is 5.60 Å². The van der Waals surface area contributed by atoms with Crippen molar-refractivity contribution in [1.82, 2.24) is 0 Å². The molecule has 126 valence electrons. The number of hydrogen-bond acceptors (Lipinski definition) is 12. The smallest absolute Gasteiger partial charge is 0.550 e. The molecule has 1 N–H and O–H groups in total. The Kier molecular flexibility index (Phi) is 21.2. The fraction of sp³-hybridized carbons (Fsp3) is 0.400. The largest absolute Gasteiger partial charge is 1.00 e. The van der Waals surface area contributed by atoms with Crippen molar-refractivity contribution in [1.29, 1.82) is 0 Å². The number of aliphatic carboxylic acids is 6. The zero-order valence-corrected chi connectivity index (χ0v) is 25.5. The predicted molar refractivity (Wildman–Crippen MR) is 46.2 cm³/mol. The SMILES string of the molecule is O=C([O-])C1C(C(=O)[O-])C(C(=O)[O-])(C(=O)O)OC1(C(=O)[O-])C(=O)[O-].[Na+].[Na+].[Na+].[Na+].[Na+]. The van der Waals surface area contributed by atoms with E-state index in [0.29, 0.717) is 0 Å². The van der Waals surface area contributed by atoms with Crippen LogP contribution in [0.25, 0.3) is 0 Å². The van der Waals surface area contributed by atoms with E-state index in [-0.39, 0.29) is 148 Å². The van der Waals surface area contributed by atoms with E-state index in [1.54, 1.807) is 0 Å². The molecule has 0 saturated carbocycles. The average molecular weight is 446 g/mol. The quantitative estimate of drug-likeness (QED) is 0.294. The Morgan fingerprint density at radius 1 is 0.607 bits per heavy atom. The fourth-order valence-electron chi connectivity index (χ4n) is 2.31. The van der Waals surface area contributed by atoms with Gasteiger partial charge in [-0.15, -0.1) is 0 Å². The molecule has 0 aromatic heterocycles.